The van der Waals surface area contributed by atoms with E-state index in [-0.39, 0.29) is 33.8 Å². The highest BCUT2D eigenvalue weighted by Gasteiger charge is 2.31. The molecule has 0 spiro atoms. The lowest BCUT2D eigenvalue weighted by Crippen LogP contribution is -2.16. The van der Waals surface area contributed by atoms with E-state index in [9.17, 15) is 22.8 Å². The second-order valence-electron chi connectivity index (χ2n) is 7.87. The molecule has 9 heteroatoms. The number of hydrogen-bond donors (Lipinski definition) is 1. The van der Waals surface area contributed by atoms with Crippen LogP contribution in [0.5, 0.6) is 0 Å². The van der Waals surface area contributed by atoms with Gasteiger partial charge in [0.1, 0.15) is 16.3 Å². The molecular formula is C26H20F3NO4S. The molecule has 0 saturated heterocycles. The lowest BCUT2D eigenvalue weighted by atomic mass is 10.0. The lowest BCUT2D eigenvalue weighted by Gasteiger charge is -2.11. The van der Waals surface area contributed by atoms with Crippen molar-refractivity contribution in [3.63, 3.8) is 0 Å². The third kappa shape index (κ3) is 5.46. The van der Waals surface area contributed by atoms with Crippen LogP contribution in [0.1, 0.15) is 40.3 Å². The third-order valence-corrected chi connectivity index (χ3v) is 5.85. The van der Waals surface area contributed by atoms with Gasteiger partial charge in [-0.05, 0) is 43.7 Å². The zero-order chi connectivity index (χ0) is 25.2. The molecule has 4 rings (SSSR count). The number of carbonyl (C=O) groups excluding carboxylic acids is 2. The molecule has 2 aromatic carbocycles. The summed E-state index contributed by atoms with van der Waals surface area (Å²) in [4.78, 5) is 25.8. The molecule has 4 aromatic rings. The molecule has 35 heavy (non-hydrogen) atoms. The van der Waals surface area contributed by atoms with Crippen molar-refractivity contribution in [2.24, 2.45) is 0 Å². The van der Waals surface area contributed by atoms with Crippen molar-refractivity contribution in [2.45, 2.75) is 26.1 Å². The molecule has 0 aliphatic heterocycles. The first-order valence-corrected chi connectivity index (χ1v) is 11.5. The van der Waals surface area contributed by atoms with E-state index in [0.29, 0.717) is 5.56 Å². The van der Waals surface area contributed by atoms with Gasteiger partial charge in [-0.3, -0.25) is 4.79 Å². The number of nitrogens with one attached hydrogen (secondary N) is 1. The van der Waals surface area contributed by atoms with Gasteiger partial charge in [0.2, 0.25) is 0 Å². The van der Waals surface area contributed by atoms with Crippen molar-refractivity contribution in [1.29, 1.82) is 0 Å². The first kappa shape index (κ1) is 24.3. The smallest absolute Gasteiger partial charge is 0.416 e. The minimum Gasteiger partial charge on any atom is -0.459 e. The monoisotopic (exact) mass is 499 g/mol. The summed E-state index contributed by atoms with van der Waals surface area (Å²) in [6, 6.07) is 16.6. The van der Waals surface area contributed by atoms with Gasteiger partial charge in [-0.2, -0.15) is 13.2 Å². The minimum atomic E-state index is -4.50. The number of rotatable bonds is 6. The maximum absolute atomic E-state index is 13.0. The van der Waals surface area contributed by atoms with E-state index in [4.69, 9.17) is 9.15 Å². The number of ether oxygens (including phenoxy) is 1. The summed E-state index contributed by atoms with van der Waals surface area (Å²) in [5.74, 6) is -1.24. The van der Waals surface area contributed by atoms with E-state index in [0.717, 1.165) is 29.0 Å². The summed E-state index contributed by atoms with van der Waals surface area (Å²) >= 11 is 1.16. The van der Waals surface area contributed by atoms with E-state index in [2.05, 4.69) is 5.32 Å². The van der Waals surface area contributed by atoms with Crippen molar-refractivity contribution in [3.05, 3.63) is 89.0 Å². The van der Waals surface area contributed by atoms with Gasteiger partial charge >= 0.3 is 12.1 Å². The van der Waals surface area contributed by atoms with Crippen LogP contribution in [0.3, 0.4) is 0 Å². The number of thiophene rings is 1. The first-order valence-electron chi connectivity index (χ1n) is 10.6. The molecule has 0 aliphatic rings. The summed E-state index contributed by atoms with van der Waals surface area (Å²) in [7, 11) is 0. The standard InChI is InChI=1S/C26H20F3NO4S/c1-15(2)33-25(32)22-19(16-7-4-3-5-8-16)14-35-24(22)30-23(31)21-12-11-20(34-21)17-9-6-10-18(13-17)26(27,28)29/h3-15H,1-2H3,(H,30,31). The van der Waals surface area contributed by atoms with E-state index in [1.165, 1.54) is 24.3 Å². The molecule has 0 atom stereocenters. The SMILES string of the molecule is CC(C)OC(=O)c1c(-c2ccccc2)csc1NC(=O)c1ccc(-c2cccc(C(F)(F)F)c2)o1. The van der Waals surface area contributed by atoms with E-state index >= 15 is 0 Å². The molecule has 2 aromatic heterocycles. The average molecular weight is 500 g/mol. The Labute approximate surface area is 203 Å². The van der Waals surface area contributed by atoms with Gasteiger partial charge in [-0.25, -0.2) is 4.79 Å². The van der Waals surface area contributed by atoms with Gasteiger partial charge in [0, 0.05) is 16.5 Å². The summed E-state index contributed by atoms with van der Waals surface area (Å²) in [5.41, 5.74) is 0.971. The number of carbonyl (C=O) groups is 2. The Morgan fingerprint density at radius 1 is 0.971 bits per heavy atom. The van der Waals surface area contributed by atoms with Gasteiger partial charge in [0.25, 0.3) is 5.91 Å². The molecule has 0 unspecified atom stereocenters. The number of halogens is 3. The second-order valence-corrected chi connectivity index (χ2v) is 8.75. The normalized spacial score (nSPS) is 11.5. The Hall–Kier alpha value is -3.85. The first-order chi connectivity index (χ1) is 16.6. The largest absolute Gasteiger partial charge is 0.459 e. The highest BCUT2D eigenvalue weighted by Crippen LogP contribution is 2.37. The molecule has 0 radical (unpaired) electrons. The van der Waals surface area contributed by atoms with Crippen LogP contribution in [0.2, 0.25) is 0 Å². The van der Waals surface area contributed by atoms with Crippen LogP contribution in [-0.4, -0.2) is 18.0 Å². The predicted molar refractivity (Wildman–Crippen MR) is 127 cm³/mol. The molecule has 0 saturated carbocycles. The molecule has 0 fully saturated rings. The quantitative estimate of drug-likeness (QED) is 0.279. The van der Waals surface area contributed by atoms with Crippen LogP contribution in [0.15, 0.2) is 76.5 Å². The number of amides is 1. The van der Waals surface area contributed by atoms with E-state index < -0.39 is 23.6 Å². The van der Waals surface area contributed by atoms with Crippen molar-refractivity contribution in [2.75, 3.05) is 5.32 Å². The minimum absolute atomic E-state index is 0.108. The topological polar surface area (TPSA) is 68.5 Å². The third-order valence-electron chi connectivity index (χ3n) is 4.95. The van der Waals surface area contributed by atoms with Crippen molar-refractivity contribution in [1.82, 2.24) is 0 Å². The molecule has 0 bridgehead atoms. The number of alkyl halides is 3. The number of esters is 1. The summed E-state index contributed by atoms with van der Waals surface area (Å²) in [5, 5.41) is 4.70. The second kappa shape index (κ2) is 9.79. The van der Waals surface area contributed by atoms with E-state index in [1.54, 1.807) is 19.2 Å². The number of furan rings is 1. The fourth-order valence-electron chi connectivity index (χ4n) is 3.38. The highest BCUT2D eigenvalue weighted by molar-refractivity contribution is 7.15. The zero-order valence-electron chi connectivity index (χ0n) is 18.7. The lowest BCUT2D eigenvalue weighted by molar-refractivity contribution is -0.137. The van der Waals surface area contributed by atoms with Gasteiger partial charge in [0.05, 0.1) is 11.7 Å². The van der Waals surface area contributed by atoms with Crippen molar-refractivity contribution >= 4 is 28.2 Å². The maximum Gasteiger partial charge on any atom is 0.416 e. The molecule has 2 heterocycles. The molecule has 180 valence electrons. The molecule has 1 N–H and O–H groups in total. The Morgan fingerprint density at radius 2 is 1.69 bits per heavy atom. The molecule has 1 amide bonds. The molecule has 0 aliphatic carbocycles. The van der Waals surface area contributed by atoms with E-state index in [1.807, 2.05) is 30.3 Å². The number of hydrogen-bond acceptors (Lipinski definition) is 5. The Bertz CT molecular complexity index is 1360. The maximum atomic E-state index is 13.0. The zero-order valence-corrected chi connectivity index (χ0v) is 19.5. The summed E-state index contributed by atoms with van der Waals surface area (Å²) < 4.78 is 50.0. The summed E-state index contributed by atoms with van der Waals surface area (Å²) in [6.45, 7) is 3.45. The predicted octanol–water partition coefficient (Wildman–Crippen LogP) is 7.51. The number of anilines is 1. The fourth-order valence-corrected chi connectivity index (χ4v) is 4.34. The molecule has 5 nitrogen and oxygen atoms in total. The van der Waals surface area contributed by atoms with Gasteiger partial charge in [0.15, 0.2) is 5.76 Å². The van der Waals surface area contributed by atoms with Crippen LogP contribution >= 0.6 is 11.3 Å². The highest BCUT2D eigenvalue weighted by atomic mass is 32.1. The van der Waals surface area contributed by atoms with Crippen molar-refractivity contribution < 1.29 is 31.9 Å². The van der Waals surface area contributed by atoms with Crippen LogP contribution in [0, 0.1) is 0 Å². The Balaban J connectivity index is 1.62. The Morgan fingerprint density at radius 3 is 2.37 bits per heavy atom. The summed E-state index contributed by atoms with van der Waals surface area (Å²) in [6.07, 6.45) is -4.87. The van der Waals surface area contributed by atoms with Crippen molar-refractivity contribution in [3.8, 4) is 22.5 Å². The molecular weight excluding hydrogens is 479 g/mol. The fraction of sp³-hybridized carbons (Fsp3) is 0.154. The van der Waals surface area contributed by atoms with Crippen LogP contribution < -0.4 is 5.32 Å². The van der Waals surface area contributed by atoms with Crippen LogP contribution in [-0.2, 0) is 10.9 Å². The van der Waals surface area contributed by atoms with Crippen LogP contribution in [0.4, 0.5) is 18.2 Å². The average Bonchev–Trinajstić information content (AvgIpc) is 3.47. The number of benzene rings is 2. The Kier molecular flexibility index (Phi) is 6.79. The van der Waals surface area contributed by atoms with Gasteiger partial charge in [-0.1, -0.05) is 42.5 Å². The van der Waals surface area contributed by atoms with Gasteiger partial charge in [-0.15, -0.1) is 11.3 Å². The van der Waals surface area contributed by atoms with Gasteiger partial charge < -0.3 is 14.5 Å². The van der Waals surface area contributed by atoms with Crippen LogP contribution in [0.25, 0.3) is 22.5 Å².